The fraction of sp³-hybridized carbons (Fsp3) is 0.417. The van der Waals surface area contributed by atoms with Crippen LogP contribution in [0.15, 0.2) is 22.7 Å². The highest BCUT2D eigenvalue weighted by atomic mass is 79.9. The van der Waals surface area contributed by atoms with E-state index < -0.39 is 0 Å². The maximum Gasteiger partial charge on any atom is 0.109 e. The van der Waals surface area contributed by atoms with Crippen molar-refractivity contribution < 1.29 is 4.74 Å². The van der Waals surface area contributed by atoms with Gasteiger partial charge in [0.2, 0.25) is 0 Å². The van der Waals surface area contributed by atoms with Crippen molar-refractivity contribution in [3.63, 3.8) is 0 Å². The van der Waals surface area contributed by atoms with E-state index in [-0.39, 0.29) is 0 Å². The quantitative estimate of drug-likeness (QED) is 0.855. The molecule has 1 heterocycles. The van der Waals surface area contributed by atoms with E-state index in [2.05, 4.69) is 32.8 Å². The number of rotatable bonds is 5. The minimum atomic E-state index is 0.731. The van der Waals surface area contributed by atoms with Gasteiger partial charge in [0.15, 0.2) is 0 Å². The number of fused-ring (bicyclic) bond motifs is 1. The van der Waals surface area contributed by atoms with Crippen LogP contribution in [-0.4, -0.2) is 23.2 Å². The zero-order valence-electron chi connectivity index (χ0n) is 9.29. The molecule has 0 radical (unpaired) electrons. The number of nitrogens with zero attached hydrogens (tertiary/aromatic N) is 1. The van der Waals surface area contributed by atoms with Gasteiger partial charge >= 0.3 is 0 Å². The van der Waals surface area contributed by atoms with Crippen LogP contribution in [0.1, 0.15) is 19.2 Å². The van der Waals surface area contributed by atoms with Crippen molar-refractivity contribution in [1.29, 1.82) is 0 Å². The van der Waals surface area contributed by atoms with E-state index in [0.717, 1.165) is 47.4 Å². The molecule has 1 aromatic heterocycles. The van der Waals surface area contributed by atoms with Crippen LogP contribution in [-0.2, 0) is 11.2 Å². The van der Waals surface area contributed by atoms with Gasteiger partial charge in [0.05, 0.1) is 17.6 Å². The van der Waals surface area contributed by atoms with Crippen LogP contribution in [0.5, 0.6) is 0 Å². The van der Waals surface area contributed by atoms with E-state index in [9.17, 15) is 0 Å². The van der Waals surface area contributed by atoms with E-state index in [1.54, 1.807) is 0 Å². The van der Waals surface area contributed by atoms with Crippen molar-refractivity contribution in [2.24, 2.45) is 0 Å². The lowest BCUT2D eigenvalue weighted by Gasteiger charge is -1.98. The zero-order valence-corrected chi connectivity index (χ0v) is 10.9. The lowest BCUT2D eigenvalue weighted by Crippen LogP contribution is -2.00. The molecule has 0 bridgehead atoms. The van der Waals surface area contributed by atoms with Gasteiger partial charge in [0.1, 0.15) is 5.82 Å². The molecule has 3 nitrogen and oxygen atoms in total. The van der Waals surface area contributed by atoms with Crippen molar-refractivity contribution in [3.05, 3.63) is 28.5 Å². The normalized spacial score (nSPS) is 11.1. The van der Waals surface area contributed by atoms with Gasteiger partial charge in [0, 0.05) is 17.5 Å². The molecule has 1 N–H and O–H groups in total. The van der Waals surface area contributed by atoms with Crippen molar-refractivity contribution in [2.45, 2.75) is 19.8 Å². The highest BCUT2D eigenvalue weighted by Gasteiger charge is 2.02. The Morgan fingerprint density at radius 2 is 2.25 bits per heavy atom. The Morgan fingerprint density at radius 1 is 1.38 bits per heavy atom. The molecule has 0 spiro atoms. The fourth-order valence-corrected chi connectivity index (χ4v) is 1.93. The van der Waals surface area contributed by atoms with Crippen molar-refractivity contribution >= 4 is 27.0 Å². The second-order valence-corrected chi connectivity index (χ2v) is 4.62. The predicted molar refractivity (Wildman–Crippen MR) is 68.6 cm³/mol. The average Bonchev–Trinajstić information content (AvgIpc) is 2.66. The number of imidazole rings is 1. The number of halogens is 1. The van der Waals surface area contributed by atoms with E-state index >= 15 is 0 Å². The number of ether oxygens (including phenoxy) is 1. The standard InChI is InChI=1S/C12H15BrN2O/c1-2-6-16-7-5-12-14-10-4-3-9(13)8-11(10)15-12/h3-4,8H,2,5-7H2,1H3,(H,14,15). The van der Waals surface area contributed by atoms with Gasteiger partial charge in [-0.1, -0.05) is 22.9 Å². The van der Waals surface area contributed by atoms with Crippen molar-refractivity contribution in [2.75, 3.05) is 13.2 Å². The summed E-state index contributed by atoms with van der Waals surface area (Å²) in [6.07, 6.45) is 1.90. The molecule has 2 rings (SSSR count). The molecule has 0 aliphatic carbocycles. The van der Waals surface area contributed by atoms with Crippen LogP contribution in [0.3, 0.4) is 0 Å². The Kier molecular flexibility index (Phi) is 3.96. The summed E-state index contributed by atoms with van der Waals surface area (Å²) < 4.78 is 6.50. The van der Waals surface area contributed by atoms with E-state index in [0.29, 0.717) is 0 Å². The molecule has 0 saturated heterocycles. The second-order valence-electron chi connectivity index (χ2n) is 3.71. The number of aromatic nitrogens is 2. The first kappa shape index (κ1) is 11.6. The summed E-state index contributed by atoms with van der Waals surface area (Å²) in [5, 5.41) is 0. The van der Waals surface area contributed by atoms with Crippen LogP contribution in [0.2, 0.25) is 0 Å². The predicted octanol–water partition coefficient (Wildman–Crippen LogP) is 3.29. The number of nitrogens with one attached hydrogen (secondary N) is 1. The van der Waals surface area contributed by atoms with E-state index in [1.165, 1.54) is 0 Å². The molecule has 0 saturated carbocycles. The van der Waals surface area contributed by atoms with Gasteiger partial charge in [-0.3, -0.25) is 0 Å². The Hall–Kier alpha value is -0.870. The summed E-state index contributed by atoms with van der Waals surface area (Å²) >= 11 is 3.44. The fourth-order valence-electron chi connectivity index (χ4n) is 1.57. The molecule has 0 atom stereocenters. The maximum atomic E-state index is 5.44. The topological polar surface area (TPSA) is 37.9 Å². The Labute approximate surface area is 103 Å². The van der Waals surface area contributed by atoms with Crippen LogP contribution < -0.4 is 0 Å². The Morgan fingerprint density at radius 3 is 3.06 bits per heavy atom. The van der Waals surface area contributed by atoms with Crippen LogP contribution in [0.4, 0.5) is 0 Å². The molecule has 0 aliphatic rings. The Balaban J connectivity index is 2.02. The molecule has 0 unspecified atom stereocenters. The first-order valence-electron chi connectivity index (χ1n) is 5.51. The van der Waals surface area contributed by atoms with E-state index in [1.807, 2.05) is 18.2 Å². The summed E-state index contributed by atoms with van der Waals surface area (Å²) in [4.78, 5) is 7.79. The summed E-state index contributed by atoms with van der Waals surface area (Å²) in [7, 11) is 0. The minimum absolute atomic E-state index is 0.731. The summed E-state index contributed by atoms with van der Waals surface area (Å²) in [5.74, 6) is 0.990. The number of hydrogen-bond acceptors (Lipinski definition) is 2. The smallest absolute Gasteiger partial charge is 0.109 e. The molecular weight excluding hydrogens is 268 g/mol. The highest BCUT2D eigenvalue weighted by molar-refractivity contribution is 9.10. The van der Waals surface area contributed by atoms with Gasteiger partial charge < -0.3 is 9.72 Å². The number of hydrogen-bond donors (Lipinski definition) is 1. The third kappa shape index (κ3) is 2.83. The van der Waals surface area contributed by atoms with Gasteiger partial charge in [-0.2, -0.15) is 0 Å². The minimum Gasteiger partial charge on any atom is -0.381 e. The third-order valence-electron chi connectivity index (χ3n) is 2.32. The maximum absolute atomic E-state index is 5.44. The summed E-state index contributed by atoms with van der Waals surface area (Å²) in [6, 6.07) is 6.05. The SMILES string of the molecule is CCCOCCc1nc2ccc(Br)cc2[nH]1. The van der Waals surface area contributed by atoms with Crippen LogP contribution >= 0.6 is 15.9 Å². The molecule has 0 aliphatic heterocycles. The number of benzene rings is 1. The molecule has 1 aromatic carbocycles. The number of aromatic amines is 1. The van der Waals surface area contributed by atoms with Crippen LogP contribution in [0, 0.1) is 0 Å². The van der Waals surface area contributed by atoms with E-state index in [4.69, 9.17) is 4.74 Å². The van der Waals surface area contributed by atoms with Crippen molar-refractivity contribution in [1.82, 2.24) is 9.97 Å². The van der Waals surface area contributed by atoms with Gasteiger partial charge in [-0.25, -0.2) is 4.98 Å². The molecule has 0 fully saturated rings. The number of H-pyrrole nitrogens is 1. The first-order valence-corrected chi connectivity index (χ1v) is 6.31. The Bertz CT molecular complexity index is 467. The zero-order chi connectivity index (χ0) is 11.4. The molecule has 2 aromatic rings. The average molecular weight is 283 g/mol. The van der Waals surface area contributed by atoms with Gasteiger partial charge in [-0.15, -0.1) is 0 Å². The molecule has 86 valence electrons. The molecular formula is C12H15BrN2O. The largest absolute Gasteiger partial charge is 0.381 e. The third-order valence-corrected chi connectivity index (χ3v) is 2.82. The summed E-state index contributed by atoms with van der Waals surface area (Å²) in [5.41, 5.74) is 2.08. The monoisotopic (exact) mass is 282 g/mol. The summed E-state index contributed by atoms with van der Waals surface area (Å²) in [6.45, 7) is 3.67. The first-order chi connectivity index (χ1) is 7.79. The molecule has 16 heavy (non-hydrogen) atoms. The van der Waals surface area contributed by atoms with Gasteiger partial charge in [0.25, 0.3) is 0 Å². The van der Waals surface area contributed by atoms with Crippen molar-refractivity contribution in [3.8, 4) is 0 Å². The van der Waals surface area contributed by atoms with Crippen LogP contribution in [0.25, 0.3) is 11.0 Å². The van der Waals surface area contributed by atoms with Gasteiger partial charge in [-0.05, 0) is 24.6 Å². The molecule has 0 amide bonds. The molecule has 4 heteroatoms. The second kappa shape index (κ2) is 5.46. The highest BCUT2D eigenvalue weighted by Crippen LogP contribution is 2.17. The lowest BCUT2D eigenvalue weighted by atomic mass is 10.3. The lowest BCUT2D eigenvalue weighted by molar-refractivity contribution is 0.137.